The van der Waals surface area contributed by atoms with Gasteiger partial charge in [-0.3, -0.25) is 19.2 Å². The minimum atomic E-state index is -1.19. The third-order valence-corrected chi connectivity index (χ3v) is 2.96. The first-order valence-corrected chi connectivity index (χ1v) is 6.52. The summed E-state index contributed by atoms with van der Waals surface area (Å²) >= 11 is 0. The van der Waals surface area contributed by atoms with Crippen LogP contribution < -0.4 is 22.1 Å². The molecule has 0 radical (unpaired) electrons. The number of amides is 3. The first-order chi connectivity index (χ1) is 9.68. The van der Waals surface area contributed by atoms with E-state index >= 15 is 0 Å². The van der Waals surface area contributed by atoms with Gasteiger partial charge in [-0.1, -0.05) is 20.3 Å². The average molecular weight is 302 g/mol. The van der Waals surface area contributed by atoms with Gasteiger partial charge in [0.25, 0.3) is 0 Å². The minimum absolute atomic E-state index is 0.233. The van der Waals surface area contributed by atoms with Crippen molar-refractivity contribution < 1.29 is 24.3 Å². The lowest BCUT2D eigenvalue weighted by atomic mass is 9.97. The molecule has 7 N–H and O–H groups in total. The molecular weight excluding hydrogens is 280 g/mol. The molecular formula is C12H22N4O5. The van der Waals surface area contributed by atoms with E-state index in [1.807, 2.05) is 6.92 Å². The number of nitrogens with one attached hydrogen (secondary N) is 2. The summed E-state index contributed by atoms with van der Waals surface area (Å²) in [6.07, 6.45) is 0.242. The van der Waals surface area contributed by atoms with E-state index in [1.54, 1.807) is 6.92 Å². The Labute approximate surface area is 122 Å². The van der Waals surface area contributed by atoms with Crippen LogP contribution in [0, 0.1) is 5.92 Å². The van der Waals surface area contributed by atoms with Gasteiger partial charge in [0, 0.05) is 0 Å². The maximum atomic E-state index is 11.9. The third-order valence-electron chi connectivity index (χ3n) is 2.96. The summed E-state index contributed by atoms with van der Waals surface area (Å²) in [7, 11) is 0. The van der Waals surface area contributed by atoms with Crippen LogP contribution in [0.15, 0.2) is 0 Å². The molecule has 21 heavy (non-hydrogen) atoms. The molecule has 0 fully saturated rings. The van der Waals surface area contributed by atoms with Crippen LogP contribution in [-0.4, -0.2) is 47.4 Å². The molecule has 9 heteroatoms. The summed E-state index contributed by atoms with van der Waals surface area (Å²) in [5.41, 5.74) is 10.4. The number of aliphatic carboxylic acids is 1. The Morgan fingerprint density at radius 3 is 2.19 bits per heavy atom. The predicted molar refractivity (Wildman–Crippen MR) is 73.8 cm³/mol. The van der Waals surface area contributed by atoms with Crippen molar-refractivity contribution in [3.8, 4) is 0 Å². The van der Waals surface area contributed by atoms with Crippen molar-refractivity contribution in [1.29, 1.82) is 0 Å². The summed E-state index contributed by atoms with van der Waals surface area (Å²) in [5.74, 6) is -3.46. The molecule has 0 aromatic heterocycles. The van der Waals surface area contributed by atoms with Crippen LogP contribution >= 0.6 is 0 Å². The molecule has 120 valence electrons. The predicted octanol–water partition coefficient (Wildman–Crippen LogP) is -2.08. The summed E-state index contributed by atoms with van der Waals surface area (Å²) in [5, 5.41) is 13.2. The van der Waals surface area contributed by atoms with Crippen molar-refractivity contribution in [2.75, 3.05) is 6.54 Å². The highest BCUT2D eigenvalue weighted by Crippen LogP contribution is 2.08. The fourth-order valence-corrected chi connectivity index (χ4v) is 1.54. The van der Waals surface area contributed by atoms with Crippen LogP contribution in [0.25, 0.3) is 0 Å². The number of carbonyl (C=O) groups is 4. The highest BCUT2D eigenvalue weighted by molar-refractivity contribution is 5.93. The van der Waals surface area contributed by atoms with Gasteiger partial charge in [0.1, 0.15) is 12.6 Å². The number of carboxylic acid groups (broad SMARTS) is 1. The average Bonchev–Trinajstić information content (AvgIpc) is 2.40. The third kappa shape index (κ3) is 7.25. The van der Waals surface area contributed by atoms with Gasteiger partial charge in [-0.25, -0.2) is 0 Å². The van der Waals surface area contributed by atoms with Gasteiger partial charge < -0.3 is 27.2 Å². The summed E-state index contributed by atoms with van der Waals surface area (Å²) in [4.78, 5) is 44.9. The van der Waals surface area contributed by atoms with Gasteiger partial charge in [0.15, 0.2) is 0 Å². The number of carbonyl (C=O) groups excluding carboxylic acids is 3. The normalized spacial score (nSPS) is 14.6. The van der Waals surface area contributed by atoms with E-state index < -0.39 is 42.3 Å². The number of hydrogen-bond donors (Lipinski definition) is 5. The first-order valence-electron chi connectivity index (χ1n) is 6.52. The lowest BCUT2D eigenvalue weighted by Crippen LogP contribution is -2.55. The van der Waals surface area contributed by atoms with Crippen LogP contribution in [0.2, 0.25) is 0 Å². The highest BCUT2D eigenvalue weighted by atomic mass is 16.4. The molecule has 0 aliphatic rings. The molecule has 0 rings (SSSR count). The number of primary amides is 1. The zero-order valence-corrected chi connectivity index (χ0v) is 12.1. The van der Waals surface area contributed by atoms with E-state index in [1.165, 1.54) is 0 Å². The lowest BCUT2D eigenvalue weighted by Gasteiger charge is -2.24. The molecule has 0 saturated heterocycles. The highest BCUT2D eigenvalue weighted by Gasteiger charge is 2.28. The minimum Gasteiger partial charge on any atom is -0.480 e. The topological polar surface area (TPSA) is 165 Å². The zero-order chi connectivity index (χ0) is 16.6. The van der Waals surface area contributed by atoms with Crippen LogP contribution in [-0.2, 0) is 19.2 Å². The fraction of sp³-hybridized carbons (Fsp3) is 0.667. The van der Waals surface area contributed by atoms with Gasteiger partial charge in [-0.2, -0.15) is 0 Å². The molecule has 0 aromatic carbocycles. The second kappa shape index (κ2) is 8.90. The van der Waals surface area contributed by atoms with Crippen molar-refractivity contribution >= 4 is 23.7 Å². The number of nitrogens with two attached hydrogens (primary N) is 2. The monoisotopic (exact) mass is 302 g/mol. The molecule has 0 saturated carbocycles. The molecule has 0 aliphatic carbocycles. The zero-order valence-electron chi connectivity index (χ0n) is 12.1. The van der Waals surface area contributed by atoms with Crippen molar-refractivity contribution in [1.82, 2.24) is 10.6 Å². The van der Waals surface area contributed by atoms with Crippen LogP contribution in [0.5, 0.6) is 0 Å². The van der Waals surface area contributed by atoms with Crippen molar-refractivity contribution in [3.63, 3.8) is 0 Å². The number of carboxylic acids is 1. The standard InChI is InChI=1S/C12H22N4O5/c1-3-6(2)10(12(21)15-5-9(18)19)16-11(20)7(13)4-8(14)17/h6-7,10H,3-5,13H2,1-2H3,(H2,14,17)(H,15,21)(H,16,20)(H,18,19). The molecule has 3 atom stereocenters. The Morgan fingerprint density at radius 1 is 1.19 bits per heavy atom. The van der Waals surface area contributed by atoms with Crippen LogP contribution in [0.1, 0.15) is 26.7 Å². The maximum absolute atomic E-state index is 11.9. The molecule has 0 aromatic rings. The van der Waals surface area contributed by atoms with E-state index in [2.05, 4.69) is 10.6 Å². The molecule has 0 aliphatic heterocycles. The smallest absolute Gasteiger partial charge is 0.322 e. The van der Waals surface area contributed by atoms with Crippen molar-refractivity contribution in [2.45, 2.75) is 38.8 Å². The van der Waals surface area contributed by atoms with Crippen molar-refractivity contribution in [3.05, 3.63) is 0 Å². The second-order valence-electron chi connectivity index (χ2n) is 4.76. The Kier molecular flexibility index (Phi) is 7.99. The molecule has 0 heterocycles. The number of hydrogen-bond acceptors (Lipinski definition) is 5. The van der Waals surface area contributed by atoms with E-state index in [-0.39, 0.29) is 12.3 Å². The molecule has 0 spiro atoms. The SMILES string of the molecule is CCC(C)C(NC(=O)C(N)CC(N)=O)C(=O)NCC(=O)O. The lowest BCUT2D eigenvalue weighted by molar-refractivity contribution is -0.138. The Hall–Kier alpha value is -2.16. The first kappa shape index (κ1) is 18.8. The second-order valence-corrected chi connectivity index (χ2v) is 4.76. The van der Waals surface area contributed by atoms with Gasteiger partial charge >= 0.3 is 5.97 Å². The Bertz CT molecular complexity index is 412. The largest absolute Gasteiger partial charge is 0.480 e. The van der Waals surface area contributed by atoms with Gasteiger partial charge in [-0.15, -0.1) is 0 Å². The maximum Gasteiger partial charge on any atom is 0.322 e. The molecule has 0 bridgehead atoms. The van der Waals surface area contributed by atoms with E-state index in [4.69, 9.17) is 16.6 Å². The van der Waals surface area contributed by atoms with Gasteiger partial charge in [0.2, 0.25) is 17.7 Å². The van der Waals surface area contributed by atoms with Crippen LogP contribution in [0.3, 0.4) is 0 Å². The molecule has 3 unspecified atom stereocenters. The molecule has 3 amide bonds. The fourth-order valence-electron chi connectivity index (χ4n) is 1.54. The van der Waals surface area contributed by atoms with E-state index in [0.29, 0.717) is 6.42 Å². The Balaban J connectivity index is 4.76. The van der Waals surface area contributed by atoms with E-state index in [0.717, 1.165) is 0 Å². The molecule has 9 nitrogen and oxygen atoms in total. The van der Waals surface area contributed by atoms with Crippen LogP contribution in [0.4, 0.5) is 0 Å². The Morgan fingerprint density at radius 2 is 1.76 bits per heavy atom. The summed E-state index contributed by atoms with van der Waals surface area (Å²) in [6.45, 7) is 3.00. The van der Waals surface area contributed by atoms with Gasteiger partial charge in [0.05, 0.1) is 12.5 Å². The summed E-state index contributed by atoms with van der Waals surface area (Å²) in [6, 6.07) is -2.08. The number of rotatable bonds is 9. The quantitative estimate of drug-likeness (QED) is 0.328. The van der Waals surface area contributed by atoms with Gasteiger partial charge in [-0.05, 0) is 5.92 Å². The summed E-state index contributed by atoms with van der Waals surface area (Å²) < 4.78 is 0. The van der Waals surface area contributed by atoms with E-state index in [9.17, 15) is 19.2 Å². The van der Waals surface area contributed by atoms with Crippen molar-refractivity contribution in [2.24, 2.45) is 17.4 Å².